The quantitative estimate of drug-likeness (QED) is 0.941. The lowest BCUT2D eigenvalue weighted by atomic mass is 10.1. The van der Waals surface area contributed by atoms with Crippen LogP contribution >= 0.6 is 0 Å². The third-order valence-corrected chi connectivity index (χ3v) is 3.49. The lowest BCUT2D eigenvalue weighted by Gasteiger charge is -2.06. The monoisotopic (exact) mass is 285 g/mol. The maximum absolute atomic E-state index is 12.9. The van der Waals surface area contributed by atoms with E-state index in [-0.39, 0.29) is 5.82 Å². The van der Waals surface area contributed by atoms with Gasteiger partial charge in [0.05, 0.1) is 6.54 Å². The maximum atomic E-state index is 12.9. The first-order chi connectivity index (χ1) is 10.1. The number of nitrogens with zero attached hydrogens (tertiary/aromatic N) is 3. The second-order valence-electron chi connectivity index (χ2n) is 5.32. The predicted octanol–water partition coefficient (Wildman–Crippen LogP) is 2.42. The fourth-order valence-electron chi connectivity index (χ4n) is 2.41. The second-order valence-corrected chi connectivity index (χ2v) is 5.32. The topological polar surface area (TPSA) is 49.2 Å². The van der Waals surface area contributed by atoms with E-state index < -0.39 is 0 Å². The number of halogens is 1. The fourth-order valence-corrected chi connectivity index (χ4v) is 2.41. The summed E-state index contributed by atoms with van der Waals surface area (Å²) in [5, 5.41) is 9.87. The van der Waals surface area contributed by atoms with Gasteiger partial charge in [-0.2, -0.15) is 0 Å². The molecule has 1 aromatic carbocycles. The Kier molecular flexibility index (Phi) is 3.66. The summed E-state index contributed by atoms with van der Waals surface area (Å²) < 4.78 is 12.9. The number of aliphatic hydroxyl groups excluding tert-OH is 1. The van der Waals surface area contributed by atoms with Crippen molar-refractivity contribution in [2.45, 2.75) is 6.42 Å². The van der Waals surface area contributed by atoms with E-state index in [0.29, 0.717) is 31.1 Å². The Hall–Kier alpha value is -2.27. The van der Waals surface area contributed by atoms with Crippen molar-refractivity contribution in [3.8, 4) is 0 Å². The van der Waals surface area contributed by atoms with Crippen molar-refractivity contribution < 1.29 is 9.50 Å². The molecule has 2 heterocycles. The summed E-state index contributed by atoms with van der Waals surface area (Å²) in [6, 6.07) is 6.40. The summed E-state index contributed by atoms with van der Waals surface area (Å²) in [6.45, 7) is 1.19. The zero-order valence-electron chi connectivity index (χ0n) is 11.8. The molecule has 1 aliphatic rings. The average Bonchev–Trinajstić information content (AvgIpc) is 2.81. The molecule has 0 saturated carbocycles. The van der Waals surface area contributed by atoms with Crippen molar-refractivity contribution >= 4 is 5.57 Å². The predicted molar refractivity (Wildman–Crippen MR) is 78.3 cm³/mol. The molecule has 108 valence electrons. The molecule has 0 radical (unpaired) electrons. The highest BCUT2D eigenvalue weighted by atomic mass is 19.1. The SMILES string of the molecule is CN1CC(O)=C(c2ncc(Cc3ccc(F)cc3)cn2)C1. The van der Waals surface area contributed by atoms with E-state index in [2.05, 4.69) is 9.97 Å². The molecule has 1 aromatic heterocycles. The van der Waals surface area contributed by atoms with Gasteiger partial charge in [0.2, 0.25) is 0 Å². The molecule has 21 heavy (non-hydrogen) atoms. The summed E-state index contributed by atoms with van der Waals surface area (Å²) in [7, 11) is 1.94. The highest BCUT2D eigenvalue weighted by Gasteiger charge is 2.21. The molecule has 0 aliphatic carbocycles. The zero-order valence-corrected chi connectivity index (χ0v) is 11.8. The van der Waals surface area contributed by atoms with Gasteiger partial charge in [0.15, 0.2) is 5.82 Å². The van der Waals surface area contributed by atoms with Gasteiger partial charge in [0.1, 0.15) is 11.6 Å². The van der Waals surface area contributed by atoms with E-state index in [9.17, 15) is 9.50 Å². The Morgan fingerprint density at radius 3 is 2.33 bits per heavy atom. The van der Waals surface area contributed by atoms with Crippen LogP contribution in [0, 0.1) is 5.82 Å². The molecule has 0 bridgehead atoms. The van der Waals surface area contributed by atoms with E-state index >= 15 is 0 Å². The van der Waals surface area contributed by atoms with Gasteiger partial charge in [-0.15, -0.1) is 0 Å². The Morgan fingerprint density at radius 1 is 1.10 bits per heavy atom. The number of aliphatic hydroxyl groups is 1. The van der Waals surface area contributed by atoms with Crippen LogP contribution in [-0.4, -0.2) is 40.1 Å². The number of hydrogen-bond acceptors (Lipinski definition) is 4. The van der Waals surface area contributed by atoms with Gasteiger partial charge >= 0.3 is 0 Å². The number of hydrogen-bond donors (Lipinski definition) is 1. The molecular weight excluding hydrogens is 269 g/mol. The van der Waals surface area contributed by atoms with Gasteiger partial charge in [0.25, 0.3) is 0 Å². The van der Waals surface area contributed by atoms with Gasteiger partial charge in [-0.1, -0.05) is 12.1 Å². The number of aromatic nitrogens is 2. The van der Waals surface area contributed by atoms with E-state index in [1.807, 2.05) is 11.9 Å². The Balaban J connectivity index is 1.75. The summed E-state index contributed by atoms with van der Waals surface area (Å²) in [5.41, 5.74) is 2.75. The normalized spacial score (nSPS) is 15.7. The highest BCUT2D eigenvalue weighted by Crippen LogP contribution is 2.21. The first kappa shape index (κ1) is 13.7. The molecule has 2 aromatic rings. The molecule has 0 spiro atoms. The van der Waals surface area contributed by atoms with Crippen LogP contribution in [0.5, 0.6) is 0 Å². The molecule has 0 amide bonds. The molecule has 0 atom stereocenters. The second kappa shape index (κ2) is 5.61. The van der Waals surface area contributed by atoms with E-state index in [0.717, 1.165) is 16.7 Å². The number of benzene rings is 1. The smallest absolute Gasteiger partial charge is 0.159 e. The van der Waals surface area contributed by atoms with Crippen molar-refractivity contribution in [3.05, 3.63) is 65.2 Å². The average molecular weight is 285 g/mol. The van der Waals surface area contributed by atoms with Gasteiger partial charge in [-0.25, -0.2) is 14.4 Å². The Bertz CT molecular complexity index is 665. The summed E-state index contributed by atoms with van der Waals surface area (Å²) in [4.78, 5) is 10.7. The highest BCUT2D eigenvalue weighted by molar-refractivity contribution is 5.65. The third-order valence-electron chi connectivity index (χ3n) is 3.49. The van der Waals surface area contributed by atoms with Crippen LogP contribution in [0.15, 0.2) is 42.4 Å². The maximum Gasteiger partial charge on any atom is 0.159 e. The van der Waals surface area contributed by atoms with E-state index in [1.54, 1.807) is 24.5 Å². The Labute approximate surface area is 122 Å². The molecule has 0 saturated heterocycles. The van der Waals surface area contributed by atoms with Crippen molar-refractivity contribution in [2.24, 2.45) is 0 Å². The molecule has 4 nitrogen and oxygen atoms in total. The first-order valence-corrected chi connectivity index (χ1v) is 6.77. The molecule has 3 rings (SSSR count). The molecule has 5 heteroatoms. The number of rotatable bonds is 3. The van der Waals surface area contributed by atoms with Crippen molar-refractivity contribution in [3.63, 3.8) is 0 Å². The van der Waals surface area contributed by atoms with Crippen LogP contribution < -0.4 is 0 Å². The lowest BCUT2D eigenvalue weighted by molar-refractivity contribution is 0.343. The largest absolute Gasteiger partial charge is 0.510 e. The summed E-state index contributed by atoms with van der Waals surface area (Å²) >= 11 is 0. The molecule has 1 N–H and O–H groups in total. The summed E-state index contributed by atoms with van der Waals surface area (Å²) in [5.74, 6) is 0.668. The van der Waals surface area contributed by atoms with Crippen LogP contribution in [0.2, 0.25) is 0 Å². The van der Waals surface area contributed by atoms with Crippen molar-refractivity contribution in [2.75, 3.05) is 20.1 Å². The summed E-state index contributed by atoms with van der Waals surface area (Å²) in [6.07, 6.45) is 4.17. The third kappa shape index (κ3) is 3.08. The van der Waals surface area contributed by atoms with Gasteiger partial charge in [-0.05, 0) is 30.3 Å². The minimum absolute atomic E-state index is 0.238. The van der Waals surface area contributed by atoms with E-state index in [4.69, 9.17) is 0 Å². The van der Waals surface area contributed by atoms with Gasteiger partial charge < -0.3 is 5.11 Å². The van der Waals surface area contributed by atoms with Crippen LogP contribution in [0.3, 0.4) is 0 Å². The lowest BCUT2D eigenvalue weighted by Crippen LogP contribution is -2.14. The zero-order chi connectivity index (χ0) is 14.8. The first-order valence-electron chi connectivity index (χ1n) is 6.77. The van der Waals surface area contributed by atoms with Crippen molar-refractivity contribution in [1.29, 1.82) is 0 Å². The molecule has 1 aliphatic heterocycles. The van der Waals surface area contributed by atoms with Crippen LogP contribution in [0.4, 0.5) is 4.39 Å². The fraction of sp³-hybridized carbons (Fsp3) is 0.250. The van der Waals surface area contributed by atoms with Crippen LogP contribution in [0.1, 0.15) is 17.0 Å². The standard InChI is InChI=1S/C16H16FN3O/c1-20-9-14(15(21)10-20)16-18-7-12(8-19-16)6-11-2-4-13(17)5-3-11/h2-5,7-8,21H,6,9-10H2,1H3. The Morgan fingerprint density at radius 2 is 1.76 bits per heavy atom. The molecular formula is C16H16FN3O. The number of likely N-dealkylation sites (N-methyl/N-ethyl adjacent to an activating group) is 1. The minimum atomic E-state index is -0.238. The van der Waals surface area contributed by atoms with Gasteiger partial charge in [-0.3, -0.25) is 4.90 Å². The van der Waals surface area contributed by atoms with Crippen molar-refractivity contribution in [1.82, 2.24) is 14.9 Å². The van der Waals surface area contributed by atoms with Crippen LogP contribution in [0.25, 0.3) is 5.57 Å². The molecule has 0 fully saturated rings. The minimum Gasteiger partial charge on any atom is -0.510 e. The molecule has 0 unspecified atom stereocenters. The van der Waals surface area contributed by atoms with Crippen LogP contribution in [-0.2, 0) is 6.42 Å². The van der Waals surface area contributed by atoms with Gasteiger partial charge in [0, 0.05) is 30.9 Å². The van der Waals surface area contributed by atoms with E-state index in [1.165, 1.54) is 12.1 Å².